The Kier molecular flexibility index (Phi) is 6.06. The lowest BCUT2D eigenvalue weighted by atomic mass is 9.95. The van der Waals surface area contributed by atoms with Gasteiger partial charge in [-0.05, 0) is 49.3 Å². The molecule has 1 aliphatic heterocycles. The standard InChI is InChI=1S/C22H22F4N2OS/c1-30-27-21-18(25)11-28(22(29)12-5-6-12)19(21)9-13-3-2-4-15(20(13)26)16-10-14(23)7-8-17(16)24/h2-4,7-8,10,12,18-19,21,27H,5-6,9,11H2,1H3/t18-,19-,21-/m0/s1. The Balaban J connectivity index is 1.67. The van der Waals surface area contributed by atoms with Crippen molar-refractivity contribution in [3.8, 4) is 11.1 Å². The van der Waals surface area contributed by atoms with Gasteiger partial charge in [0.1, 0.15) is 23.6 Å². The second-order valence-corrected chi connectivity index (χ2v) is 8.45. The number of carbonyl (C=O) groups is 1. The largest absolute Gasteiger partial charge is 0.334 e. The quantitative estimate of drug-likeness (QED) is 0.532. The van der Waals surface area contributed by atoms with Crippen LogP contribution in [0.1, 0.15) is 18.4 Å². The number of amides is 1. The third kappa shape index (κ3) is 4.07. The van der Waals surface area contributed by atoms with E-state index >= 15 is 4.39 Å². The highest BCUT2D eigenvalue weighted by Crippen LogP contribution is 2.36. The van der Waals surface area contributed by atoms with Crippen molar-refractivity contribution in [3.05, 3.63) is 59.4 Å². The lowest BCUT2D eigenvalue weighted by molar-refractivity contribution is -0.133. The highest BCUT2D eigenvalue weighted by atomic mass is 32.2. The first-order valence-electron chi connectivity index (χ1n) is 9.86. The fourth-order valence-electron chi connectivity index (χ4n) is 4.09. The summed E-state index contributed by atoms with van der Waals surface area (Å²) in [6.07, 6.45) is 2.17. The van der Waals surface area contributed by atoms with E-state index < -0.39 is 35.7 Å². The van der Waals surface area contributed by atoms with Crippen molar-refractivity contribution in [2.45, 2.75) is 37.5 Å². The Hall–Kier alpha value is -2.06. The van der Waals surface area contributed by atoms with E-state index in [1.165, 1.54) is 29.0 Å². The van der Waals surface area contributed by atoms with Crippen molar-refractivity contribution in [3.63, 3.8) is 0 Å². The molecule has 1 heterocycles. The molecule has 2 fully saturated rings. The molecule has 2 aromatic carbocycles. The summed E-state index contributed by atoms with van der Waals surface area (Å²) < 4.78 is 60.8. The van der Waals surface area contributed by atoms with E-state index in [4.69, 9.17) is 0 Å². The third-order valence-corrected chi connectivity index (χ3v) is 6.27. The number of nitrogens with zero attached hydrogens (tertiary/aromatic N) is 1. The zero-order valence-electron chi connectivity index (χ0n) is 16.4. The number of likely N-dealkylation sites (tertiary alicyclic amines) is 1. The van der Waals surface area contributed by atoms with Crippen LogP contribution in [-0.4, -0.2) is 41.9 Å². The highest BCUT2D eigenvalue weighted by Gasteiger charge is 2.47. The number of benzene rings is 2. The van der Waals surface area contributed by atoms with E-state index in [0.717, 1.165) is 31.0 Å². The molecule has 1 saturated heterocycles. The molecule has 1 saturated carbocycles. The Morgan fingerprint density at radius 2 is 1.93 bits per heavy atom. The zero-order chi connectivity index (χ0) is 21.4. The van der Waals surface area contributed by atoms with E-state index in [9.17, 15) is 18.0 Å². The molecular formula is C22H22F4N2OS. The van der Waals surface area contributed by atoms with Gasteiger partial charge in [0.05, 0.1) is 18.6 Å². The maximum Gasteiger partial charge on any atom is 0.226 e. The minimum Gasteiger partial charge on any atom is -0.334 e. The van der Waals surface area contributed by atoms with Crippen LogP contribution in [-0.2, 0) is 11.2 Å². The van der Waals surface area contributed by atoms with E-state index in [0.29, 0.717) is 0 Å². The number of hydrogen-bond acceptors (Lipinski definition) is 3. The van der Waals surface area contributed by atoms with Crippen molar-refractivity contribution < 1.29 is 22.4 Å². The van der Waals surface area contributed by atoms with Crippen LogP contribution >= 0.6 is 11.9 Å². The predicted molar refractivity (Wildman–Crippen MR) is 109 cm³/mol. The van der Waals surface area contributed by atoms with E-state index in [2.05, 4.69) is 4.72 Å². The van der Waals surface area contributed by atoms with Gasteiger partial charge in [-0.2, -0.15) is 0 Å². The summed E-state index contributed by atoms with van der Waals surface area (Å²) in [6.45, 7) is -0.0297. The number of hydrogen-bond donors (Lipinski definition) is 1. The maximum absolute atomic E-state index is 15.3. The molecule has 3 nitrogen and oxygen atoms in total. The van der Waals surface area contributed by atoms with Crippen molar-refractivity contribution >= 4 is 17.9 Å². The van der Waals surface area contributed by atoms with Gasteiger partial charge in [-0.25, -0.2) is 17.6 Å². The minimum absolute atomic E-state index is 0.0297. The molecule has 1 amide bonds. The van der Waals surface area contributed by atoms with Crippen LogP contribution in [0.2, 0.25) is 0 Å². The molecule has 0 unspecified atom stereocenters. The van der Waals surface area contributed by atoms with Crippen molar-refractivity contribution in [1.82, 2.24) is 9.62 Å². The molecule has 3 atom stereocenters. The zero-order valence-corrected chi connectivity index (χ0v) is 17.2. The van der Waals surface area contributed by atoms with Gasteiger partial charge in [0.15, 0.2) is 0 Å². The first-order chi connectivity index (χ1) is 14.4. The van der Waals surface area contributed by atoms with E-state index in [-0.39, 0.29) is 41.5 Å². The number of alkyl halides is 1. The van der Waals surface area contributed by atoms with Crippen LogP contribution in [0.25, 0.3) is 11.1 Å². The lowest BCUT2D eigenvalue weighted by Gasteiger charge is -2.28. The average Bonchev–Trinajstić information content (AvgIpc) is 3.52. The Labute approximate surface area is 177 Å². The monoisotopic (exact) mass is 438 g/mol. The van der Waals surface area contributed by atoms with Gasteiger partial charge < -0.3 is 4.90 Å². The van der Waals surface area contributed by atoms with Crippen LogP contribution in [0, 0.1) is 23.4 Å². The van der Waals surface area contributed by atoms with Crippen LogP contribution in [0.15, 0.2) is 36.4 Å². The predicted octanol–water partition coefficient (Wildman–Crippen LogP) is 4.51. The van der Waals surface area contributed by atoms with Gasteiger partial charge in [-0.15, -0.1) is 0 Å². The van der Waals surface area contributed by atoms with Crippen molar-refractivity contribution in [2.75, 3.05) is 12.8 Å². The molecule has 0 spiro atoms. The first-order valence-corrected chi connectivity index (χ1v) is 11.1. The molecular weight excluding hydrogens is 416 g/mol. The van der Waals surface area contributed by atoms with E-state index in [1.807, 2.05) is 0 Å². The number of nitrogens with one attached hydrogen (secondary N) is 1. The number of carbonyl (C=O) groups excluding carboxylic acids is 1. The van der Waals surface area contributed by atoms with Gasteiger partial charge in [-0.3, -0.25) is 9.52 Å². The smallest absolute Gasteiger partial charge is 0.226 e. The Bertz CT molecular complexity index is 953. The summed E-state index contributed by atoms with van der Waals surface area (Å²) in [4.78, 5) is 14.2. The Morgan fingerprint density at radius 1 is 1.17 bits per heavy atom. The Morgan fingerprint density at radius 3 is 2.63 bits per heavy atom. The minimum atomic E-state index is -1.27. The topological polar surface area (TPSA) is 32.3 Å². The third-order valence-electron chi connectivity index (χ3n) is 5.77. The summed E-state index contributed by atoms with van der Waals surface area (Å²) in [5.41, 5.74) is -0.000608. The summed E-state index contributed by atoms with van der Waals surface area (Å²) in [6, 6.07) is 6.15. The molecule has 1 aliphatic carbocycles. The van der Waals surface area contributed by atoms with Gasteiger partial charge in [0, 0.05) is 17.0 Å². The second kappa shape index (κ2) is 8.59. The summed E-state index contributed by atoms with van der Waals surface area (Å²) >= 11 is 1.25. The molecule has 0 bridgehead atoms. The molecule has 8 heteroatoms. The summed E-state index contributed by atoms with van der Waals surface area (Å²) in [5.74, 6) is -2.26. The van der Waals surface area contributed by atoms with Gasteiger partial charge >= 0.3 is 0 Å². The van der Waals surface area contributed by atoms with Crippen LogP contribution in [0.4, 0.5) is 17.6 Å². The number of rotatable bonds is 6. The first kappa shape index (κ1) is 21.2. The molecule has 4 rings (SSSR count). The second-order valence-electron chi connectivity index (χ2n) is 7.80. The summed E-state index contributed by atoms with van der Waals surface area (Å²) in [5, 5.41) is 0. The maximum atomic E-state index is 15.3. The molecule has 160 valence electrons. The molecule has 30 heavy (non-hydrogen) atoms. The van der Waals surface area contributed by atoms with Crippen LogP contribution < -0.4 is 4.72 Å². The normalized spacial score (nSPS) is 23.8. The van der Waals surface area contributed by atoms with Crippen LogP contribution in [0.3, 0.4) is 0 Å². The molecule has 1 N–H and O–H groups in total. The van der Waals surface area contributed by atoms with Crippen molar-refractivity contribution in [2.24, 2.45) is 5.92 Å². The fraction of sp³-hybridized carbons (Fsp3) is 0.409. The molecule has 2 aromatic rings. The fourth-order valence-corrected chi connectivity index (χ4v) is 4.67. The lowest BCUT2D eigenvalue weighted by Crippen LogP contribution is -2.46. The SMILES string of the molecule is CSN[C@H]1[C@@H](F)CN(C(=O)C2CC2)[C@H]1Cc1cccc(-c2cc(F)ccc2F)c1F. The average molecular weight is 438 g/mol. The highest BCUT2D eigenvalue weighted by molar-refractivity contribution is 7.96. The summed E-state index contributed by atoms with van der Waals surface area (Å²) in [7, 11) is 0. The van der Waals surface area contributed by atoms with Crippen molar-refractivity contribution in [1.29, 1.82) is 0 Å². The van der Waals surface area contributed by atoms with Gasteiger partial charge in [0.2, 0.25) is 5.91 Å². The molecule has 2 aliphatic rings. The van der Waals surface area contributed by atoms with E-state index in [1.54, 1.807) is 12.3 Å². The molecule has 0 aromatic heterocycles. The van der Waals surface area contributed by atoms with Crippen LogP contribution in [0.5, 0.6) is 0 Å². The molecule has 0 radical (unpaired) electrons. The number of halogens is 4. The van der Waals surface area contributed by atoms with Gasteiger partial charge in [0.25, 0.3) is 0 Å². The van der Waals surface area contributed by atoms with Gasteiger partial charge in [-0.1, -0.05) is 30.1 Å².